The molecule has 0 saturated heterocycles. The molecule has 1 aliphatic rings. The maximum atomic E-state index is 13.4. The minimum absolute atomic E-state index is 0.0695. The number of hydrogen-bond donors (Lipinski definition) is 3. The molecule has 1 aliphatic heterocycles. The number of anilines is 1. The van der Waals surface area contributed by atoms with Crippen molar-refractivity contribution in [3.63, 3.8) is 0 Å². The van der Waals surface area contributed by atoms with Gasteiger partial charge in [0.15, 0.2) is 9.84 Å². The number of nitrogens with one attached hydrogen (secondary N) is 1. The van der Waals surface area contributed by atoms with Gasteiger partial charge in [0.05, 0.1) is 22.4 Å². The number of unbranched alkanes of at least 4 members (excludes halogenated alkanes) is 1. The van der Waals surface area contributed by atoms with Gasteiger partial charge in [0.1, 0.15) is 0 Å². The van der Waals surface area contributed by atoms with Gasteiger partial charge in [-0.15, -0.1) is 0 Å². The topological polar surface area (TPSA) is 86.6 Å². The summed E-state index contributed by atoms with van der Waals surface area (Å²) in [5, 5.41) is 21.0. The molecule has 5 nitrogen and oxygen atoms in total. The zero-order chi connectivity index (χ0) is 20.4. The van der Waals surface area contributed by atoms with Gasteiger partial charge >= 0.3 is 0 Å². The van der Waals surface area contributed by atoms with E-state index in [0.717, 1.165) is 18.4 Å². The Bertz CT molecular complexity index is 913. The second kappa shape index (κ2) is 8.23. The lowest BCUT2D eigenvalue weighted by atomic mass is 9.69. The van der Waals surface area contributed by atoms with E-state index in [1.54, 1.807) is 12.1 Å². The molecule has 0 amide bonds. The summed E-state index contributed by atoms with van der Waals surface area (Å²) in [6.07, 6.45) is 2.19. The van der Waals surface area contributed by atoms with Crippen LogP contribution >= 0.6 is 0 Å². The van der Waals surface area contributed by atoms with Crippen molar-refractivity contribution in [1.29, 1.82) is 0 Å². The number of aliphatic hydroxyl groups is 1. The van der Waals surface area contributed by atoms with E-state index < -0.39 is 27.3 Å². The molecule has 1 heterocycles. The van der Waals surface area contributed by atoms with Crippen LogP contribution in [0.15, 0.2) is 53.4 Å². The number of hydrogen-bond acceptors (Lipinski definition) is 5. The minimum Gasteiger partial charge on any atom is -0.392 e. The van der Waals surface area contributed by atoms with E-state index in [1.807, 2.05) is 37.3 Å². The van der Waals surface area contributed by atoms with Crippen molar-refractivity contribution in [2.75, 3.05) is 11.2 Å². The van der Waals surface area contributed by atoms with Gasteiger partial charge in [-0.1, -0.05) is 57.0 Å². The number of fused-ring (bicyclic) bond motifs is 1. The summed E-state index contributed by atoms with van der Waals surface area (Å²) in [7, 11) is -3.60. The van der Waals surface area contributed by atoms with E-state index >= 15 is 0 Å². The predicted octanol–water partition coefficient (Wildman–Crippen LogP) is 4.35. The summed E-state index contributed by atoms with van der Waals surface area (Å²) >= 11 is 0. The molecule has 0 aliphatic carbocycles. The number of sulfone groups is 1. The minimum atomic E-state index is -3.60. The largest absolute Gasteiger partial charge is 0.392 e. The Kier molecular flexibility index (Phi) is 6.12. The first-order valence-electron chi connectivity index (χ1n) is 9.88. The molecule has 3 atom stereocenters. The van der Waals surface area contributed by atoms with Crippen molar-refractivity contribution < 1.29 is 18.7 Å². The normalized spacial score (nSPS) is 26.3. The van der Waals surface area contributed by atoms with Crippen molar-refractivity contribution in [3.05, 3.63) is 59.7 Å². The van der Waals surface area contributed by atoms with E-state index in [-0.39, 0.29) is 10.6 Å². The Morgan fingerprint density at radius 2 is 1.86 bits per heavy atom. The molecule has 2 aromatic rings. The van der Waals surface area contributed by atoms with Crippen LogP contribution in [0.3, 0.4) is 0 Å². The second-order valence-electron chi connectivity index (χ2n) is 7.78. The fourth-order valence-corrected chi connectivity index (χ4v) is 6.72. The fraction of sp³-hybridized carbons (Fsp3) is 0.455. The SMILES string of the molecule is CCCC[C@]1(CC)CS(=O)(=O)c2ccc(NO)cc2C(c2ccccc2)[C@H]1O. The van der Waals surface area contributed by atoms with Crippen LogP contribution in [0, 0.1) is 5.41 Å². The Hall–Kier alpha value is -1.89. The van der Waals surface area contributed by atoms with Crippen LogP contribution in [0.5, 0.6) is 0 Å². The van der Waals surface area contributed by atoms with Gasteiger partial charge in [-0.2, -0.15) is 0 Å². The summed E-state index contributed by atoms with van der Waals surface area (Å²) < 4.78 is 26.7. The van der Waals surface area contributed by atoms with Crippen LogP contribution < -0.4 is 5.48 Å². The highest BCUT2D eigenvalue weighted by atomic mass is 32.2. The van der Waals surface area contributed by atoms with Gasteiger partial charge in [-0.05, 0) is 42.2 Å². The molecule has 6 heteroatoms. The lowest BCUT2D eigenvalue weighted by Gasteiger charge is -2.39. The third kappa shape index (κ3) is 3.69. The number of benzene rings is 2. The summed E-state index contributed by atoms with van der Waals surface area (Å²) in [6, 6.07) is 14.3. The van der Waals surface area contributed by atoms with Crippen LogP contribution in [0.25, 0.3) is 0 Å². The predicted molar refractivity (Wildman–Crippen MR) is 110 cm³/mol. The summed E-state index contributed by atoms with van der Waals surface area (Å²) in [6.45, 7) is 4.04. The maximum Gasteiger partial charge on any atom is 0.179 e. The lowest BCUT2D eigenvalue weighted by molar-refractivity contribution is 0.0174. The molecule has 3 N–H and O–H groups in total. The molecule has 3 rings (SSSR count). The summed E-state index contributed by atoms with van der Waals surface area (Å²) in [4.78, 5) is 0.242. The molecule has 0 radical (unpaired) electrons. The molecule has 2 aromatic carbocycles. The Morgan fingerprint density at radius 3 is 2.46 bits per heavy atom. The first kappa shape index (κ1) is 20.8. The Labute approximate surface area is 167 Å². The molecule has 0 saturated carbocycles. The van der Waals surface area contributed by atoms with Crippen LogP contribution in [0.2, 0.25) is 0 Å². The van der Waals surface area contributed by atoms with Crippen molar-refractivity contribution in [1.82, 2.24) is 0 Å². The fourth-order valence-electron chi connectivity index (χ4n) is 4.47. The molecule has 0 aromatic heterocycles. The average Bonchev–Trinajstić information content (AvgIpc) is 2.78. The zero-order valence-electron chi connectivity index (χ0n) is 16.4. The first-order chi connectivity index (χ1) is 13.4. The molecule has 0 fully saturated rings. The highest BCUT2D eigenvalue weighted by Gasteiger charge is 2.48. The molecule has 0 spiro atoms. The van der Waals surface area contributed by atoms with Crippen LogP contribution in [0.1, 0.15) is 56.6 Å². The van der Waals surface area contributed by atoms with E-state index in [1.165, 1.54) is 6.07 Å². The van der Waals surface area contributed by atoms with Gasteiger partial charge in [0.25, 0.3) is 0 Å². The Balaban J connectivity index is 2.29. The zero-order valence-corrected chi connectivity index (χ0v) is 17.2. The van der Waals surface area contributed by atoms with Gasteiger partial charge in [-0.25, -0.2) is 8.42 Å². The average molecular weight is 404 g/mol. The quantitative estimate of drug-likeness (QED) is 0.624. The number of rotatable bonds is 6. The molecular weight excluding hydrogens is 374 g/mol. The maximum absolute atomic E-state index is 13.4. The highest BCUT2D eigenvalue weighted by Crippen LogP contribution is 2.49. The van der Waals surface area contributed by atoms with E-state index in [2.05, 4.69) is 12.4 Å². The van der Waals surface area contributed by atoms with Crippen molar-refractivity contribution in [2.24, 2.45) is 5.41 Å². The van der Waals surface area contributed by atoms with Gasteiger partial charge < -0.3 is 5.11 Å². The molecule has 1 unspecified atom stereocenters. The van der Waals surface area contributed by atoms with Crippen LogP contribution in [-0.2, 0) is 9.84 Å². The second-order valence-corrected chi connectivity index (χ2v) is 9.73. The highest BCUT2D eigenvalue weighted by molar-refractivity contribution is 7.91. The summed E-state index contributed by atoms with van der Waals surface area (Å²) in [5.41, 5.74) is 3.19. The Morgan fingerprint density at radius 1 is 1.14 bits per heavy atom. The van der Waals surface area contributed by atoms with Gasteiger partial charge in [0.2, 0.25) is 0 Å². The summed E-state index contributed by atoms with van der Waals surface area (Å²) in [5.74, 6) is -0.557. The van der Waals surface area contributed by atoms with E-state index in [4.69, 9.17) is 0 Å². The van der Waals surface area contributed by atoms with Crippen LogP contribution in [-0.4, -0.2) is 30.6 Å². The van der Waals surface area contributed by atoms with Crippen molar-refractivity contribution in [3.8, 4) is 0 Å². The molecule has 152 valence electrons. The third-order valence-electron chi connectivity index (χ3n) is 6.12. The third-order valence-corrected chi connectivity index (χ3v) is 8.12. The molecule has 28 heavy (non-hydrogen) atoms. The van der Waals surface area contributed by atoms with Gasteiger partial charge in [-0.3, -0.25) is 10.7 Å². The molecule has 0 bridgehead atoms. The standard InChI is InChI=1S/C22H29NO4S/c1-3-5-13-22(4-2)15-28(26,27)19-12-11-17(23-25)14-18(19)20(21(22)24)16-9-7-6-8-10-16/h6-12,14,20-21,23-25H,3-5,13,15H2,1-2H3/t20?,21-,22-/m1/s1. The number of aliphatic hydroxyl groups excluding tert-OH is 1. The van der Waals surface area contributed by atoms with Crippen molar-refractivity contribution >= 4 is 15.5 Å². The first-order valence-corrected chi connectivity index (χ1v) is 11.5. The monoisotopic (exact) mass is 403 g/mol. The smallest absolute Gasteiger partial charge is 0.179 e. The van der Waals surface area contributed by atoms with Crippen LogP contribution in [0.4, 0.5) is 5.69 Å². The van der Waals surface area contributed by atoms with Gasteiger partial charge in [0, 0.05) is 11.3 Å². The molecular formula is C22H29NO4S. The van der Waals surface area contributed by atoms with E-state index in [0.29, 0.717) is 24.1 Å². The lowest BCUT2D eigenvalue weighted by Crippen LogP contribution is -2.42. The van der Waals surface area contributed by atoms with E-state index in [9.17, 15) is 18.7 Å². The van der Waals surface area contributed by atoms with Crippen molar-refractivity contribution in [2.45, 2.75) is 56.4 Å².